The number of rotatable bonds is 2. The summed E-state index contributed by atoms with van der Waals surface area (Å²) in [7, 11) is 0. The first kappa shape index (κ1) is 14.0. The van der Waals surface area contributed by atoms with Crippen molar-refractivity contribution in [2.45, 2.75) is 46.2 Å². The number of hydrogen-bond acceptors (Lipinski definition) is 3. The van der Waals surface area contributed by atoms with E-state index in [0.29, 0.717) is 19.5 Å². The van der Waals surface area contributed by atoms with Crippen molar-refractivity contribution >= 4 is 11.9 Å². The molecule has 1 fully saturated rings. The predicted molar refractivity (Wildman–Crippen MR) is 65.1 cm³/mol. The van der Waals surface area contributed by atoms with Crippen LogP contribution in [-0.2, 0) is 4.79 Å². The van der Waals surface area contributed by atoms with Crippen LogP contribution in [-0.4, -0.2) is 47.1 Å². The van der Waals surface area contributed by atoms with Crippen LogP contribution >= 0.6 is 0 Å². The molecule has 2 N–H and O–H groups in total. The van der Waals surface area contributed by atoms with Crippen molar-refractivity contribution in [2.24, 2.45) is 5.41 Å². The summed E-state index contributed by atoms with van der Waals surface area (Å²) in [6.07, 6.45) is -0.612. The van der Waals surface area contributed by atoms with Crippen molar-refractivity contribution in [3.05, 3.63) is 0 Å². The molecule has 98 valence electrons. The van der Waals surface area contributed by atoms with Gasteiger partial charge in [0.1, 0.15) is 6.04 Å². The molecule has 1 aliphatic heterocycles. The number of hydrogen-bond donors (Lipinski definition) is 2. The average molecular weight is 242 g/mol. The maximum atomic E-state index is 12.2. The van der Waals surface area contributed by atoms with Crippen LogP contribution in [0.25, 0.3) is 0 Å². The Bertz CT molecular complexity index is 309. The van der Waals surface area contributed by atoms with Gasteiger partial charge in [0.05, 0.1) is 0 Å². The summed E-state index contributed by atoms with van der Waals surface area (Å²) in [5, 5.41) is 12.3. The molecule has 5 heteroatoms. The molecule has 0 bridgehead atoms. The molecule has 0 radical (unpaired) electrons. The lowest BCUT2D eigenvalue weighted by Gasteiger charge is -2.38. The third-order valence-electron chi connectivity index (χ3n) is 2.91. The SMILES string of the molecule is CC1NCCN(C(=O)O)C1C(=O)CC(C)(C)C. The van der Waals surface area contributed by atoms with Crippen molar-refractivity contribution in [3.8, 4) is 0 Å². The molecule has 2 atom stereocenters. The van der Waals surface area contributed by atoms with Crippen molar-refractivity contribution in [3.63, 3.8) is 0 Å². The smallest absolute Gasteiger partial charge is 0.408 e. The van der Waals surface area contributed by atoms with Gasteiger partial charge in [0.25, 0.3) is 0 Å². The maximum absolute atomic E-state index is 12.2. The molecule has 17 heavy (non-hydrogen) atoms. The number of nitrogens with zero attached hydrogens (tertiary/aromatic N) is 1. The van der Waals surface area contributed by atoms with Gasteiger partial charge in [0.15, 0.2) is 5.78 Å². The number of Topliss-reactive ketones (excluding diaryl/α,β-unsaturated/α-hetero) is 1. The molecule has 0 aromatic carbocycles. The largest absolute Gasteiger partial charge is 0.465 e. The third kappa shape index (κ3) is 3.70. The summed E-state index contributed by atoms with van der Waals surface area (Å²) < 4.78 is 0. The number of carbonyl (C=O) groups is 2. The quantitative estimate of drug-likeness (QED) is 0.766. The number of carboxylic acid groups (broad SMARTS) is 1. The minimum atomic E-state index is -1.01. The van der Waals surface area contributed by atoms with E-state index in [0.717, 1.165) is 0 Å². The molecule has 1 aliphatic rings. The van der Waals surface area contributed by atoms with Gasteiger partial charge < -0.3 is 10.4 Å². The lowest BCUT2D eigenvalue weighted by molar-refractivity contribution is -0.127. The summed E-state index contributed by atoms with van der Waals surface area (Å²) >= 11 is 0. The molecule has 1 rings (SSSR count). The molecule has 0 spiro atoms. The van der Waals surface area contributed by atoms with E-state index >= 15 is 0 Å². The zero-order valence-electron chi connectivity index (χ0n) is 11.0. The number of ketones is 1. The Kier molecular flexibility index (Phi) is 4.14. The van der Waals surface area contributed by atoms with Crippen molar-refractivity contribution < 1.29 is 14.7 Å². The second-order valence-electron chi connectivity index (χ2n) is 5.87. The Labute approximate surface area is 102 Å². The highest BCUT2D eigenvalue weighted by atomic mass is 16.4. The normalized spacial score (nSPS) is 25.8. The summed E-state index contributed by atoms with van der Waals surface area (Å²) in [5.41, 5.74) is -0.113. The molecule has 2 unspecified atom stereocenters. The summed E-state index contributed by atoms with van der Waals surface area (Å²) in [6, 6.07) is -0.671. The van der Waals surface area contributed by atoms with E-state index in [2.05, 4.69) is 5.32 Å². The van der Waals surface area contributed by atoms with E-state index in [1.807, 2.05) is 27.7 Å². The minimum Gasteiger partial charge on any atom is -0.465 e. The van der Waals surface area contributed by atoms with Gasteiger partial charge in [0.2, 0.25) is 0 Å². The van der Waals surface area contributed by atoms with Crippen LogP contribution in [0.3, 0.4) is 0 Å². The Morgan fingerprint density at radius 3 is 2.47 bits per heavy atom. The van der Waals surface area contributed by atoms with E-state index in [1.165, 1.54) is 4.90 Å². The topological polar surface area (TPSA) is 69.6 Å². The molecule has 5 nitrogen and oxygen atoms in total. The fourth-order valence-electron chi connectivity index (χ4n) is 2.23. The Morgan fingerprint density at radius 2 is 2.00 bits per heavy atom. The van der Waals surface area contributed by atoms with Crippen LogP contribution in [0.4, 0.5) is 4.79 Å². The van der Waals surface area contributed by atoms with Crippen molar-refractivity contribution in [2.75, 3.05) is 13.1 Å². The molecule has 1 amide bonds. The molecular weight excluding hydrogens is 220 g/mol. The van der Waals surface area contributed by atoms with Gasteiger partial charge in [-0.05, 0) is 12.3 Å². The first-order valence-corrected chi connectivity index (χ1v) is 5.98. The van der Waals surface area contributed by atoms with Crippen molar-refractivity contribution in [1.29, 1.82) is 0 Å². The third-order valence-corrected chi connectivity index (χ3v) is 2.91. The second-order valence-corrected chi connectivity index (χ2v) is 5.87. The zero-order chi connectivity index (χ0) is 13.2. The van der Waals surface area contributed by atoms with Crippen LogP contribution in [0.5, 0.6) is 0 Å². The first-order chi connectivity index (χ1) is 7.72. The summed E-state index contributed by atoms with van der Waals surface area (Å²) in [6.45, 7) is 8.79. The van der Waals surface area contributed by atoms with Crippen LogP contribution < -0.4 is 5.32 Å². The van der Waals surface area contributed by atoms with E-state index in [9.17, 15) is 9.59 Å². The highest BCUT2D eigenvalue weighted by Crippen LogP contribution is 2.23. The van der Waals surface area contributed by atoms with E-state index in [1.54, 1.807) is 0 Å². The van der Waals surface area contributed by atoms with Gasteiger partial charge in [-0.15, -0.1) is 0 Å². The lowest BCUT2D eigenvalue weighted by atomic mass is 9.85. The standard InChI is InChI=1S/C12H22N2O3/c1-8-10(9(15)7-12(2,3)4)14(11(16)17)6-5-13-8/h8,10,13H,5-7H2,1-4H3,(H,16,17). The minimum absolute atomic E-state index is 0.000370. The van der Waals surface area contributed by atoms with Gasteiger partial charge in [-0.2, -0.15) is 0 Å². The summed E-state index contributed by atoms with van der Waals surface area (Å²) in [4.78, 5) is 24.6. The Morgan fingerprint density at radius 1 is 1.41 bits per heavy atom. The van der Waals surface area contributed by atoms with Crippen LogP contribution in [0.1, 0.15) is 34.1 Å². The fourth-order valence-corrected chi connectivity index (χ4v) is 2.23. The van der Waals surface area contributed by atoms with Crippen molar-refractivity contribution in [1.82, 2.24) is 10.2 Å². The highest BCUT2D eigenvalue weighted by molar-refractivity contribution is 5.88. The molecule has 0 aliphatic carbocycles. The molecule has 1 heterocycles. The number of amides is 1. The molecule has 0 aromatic rings. The second kappa shape index (κ2) is 5.04. The van der Waals surface area contributed by atoms with Crippen LogP contribution in [0, 0.1) is 5.41 Å². The van der Waals surface area contributed by atoms with Gasteiger partial charge in [-0.25, -0.2) is 4.79 Å². The van der Waals surface area contributed by atoms with Gasteiger partial charge in [0, 0.05) is 25.6 Å². The number of piperazine rings is 1. The predicted octanol–water partition coefficient (Wildman–Crippen LogP) is 1.33. The average Bonchev–Trinajstić information content (AvgIpc) is 2.13. The molecule has 1 saturated heterocycles. The van der Waals surface area contributed by atoms with Crippen LogP contribution in [0.15, 0.2) is 0 Å². The van der Waals surface area contributed by atoms with Gasteiger partial charge in [-0.3, -0.25) is 9.69 Å². The molecule has 0 aromatic heterocycles. The summed E-state index contributed by atoms with van der Waals surface area (Å²) in [5.74, 6) is -0.000370. The van der Waals surface area contributed by atoms with Gasteiger partial charge in [-0.1, -0.05) is 20.8 Å². The number of carbonyl (C=O) groups excluding carboxylic acids is 1. The zero-order valence-corrected chi connectivity index (χ0v) is 11.0. The van der Waals surface area contributed by atoms with Crippen LogP contribution in [0.2, 0.25) is 0 Å². The Hall–Kier alpha value is -1.10. The van der Waals surface area contributed by atoms with Gasteiger partial charge >= 0.3 is 6.09 Å². The number of nitrogens with one attached hydrogen (secondary N) is 1. The molecular formula is C12H22N2O3. The lowest BCUT2D eigenvalue weighted by Crippen LogP contribution is -2.61. The van der Waals surface area contributed by atoms with E-state index < -0.39 is 12.1 Å². The van der Waals surface area contributed by atoms with E-state index in [-0.39, 0.29) is 17.2 Å². The monoisotopic (exact) mass is 242 g/mol. The first-order valence-electron chi connectivity index (χ1n) is 5.98. The maximum Gasteiger partial charge on any atom is 0.408 e. The Balaban J connectivity index is 2.82. The fraction of sp³-hybridized carbons (Fsp3) is 0.833. The molecule has 0 saturated carbocycles. The van der Waals surface area contributed by atoms with E-state index in [4.69, 9.17) is 5.11 Å². The highest BCUT2D eigenvalue weighted by Gasteiger charge is 2.37.